The summed E-state index contributed by atoms with van der Waals surface area (Å²) in [6.07, 6.45) is -2.35. The lowest BCUT2D eigenvalue weighted by atomic mass is 10.0. The number of hydrogen-bond donors (Lipinski definition) is 1. The lowest BCUT2D eigenvalue weighted by Crippen LogP contribution is -2.12. The predicted octanol–water partition coefficient (Wildman–Crippen LogP) is 4.45. The molecule has 0 aliphatic heterocycles. The van der Waals surface area contributed by atoms with Gasteiger partial charge >= 0.3 is 5.97 Å². The van der Waals surface area contributed by atoms with Crippen molar-refractivity contribution in [1.82, 2.24) is 4.57 Å². The number of sulfone groups is 1. The number of carbonyl (C=O) groups excluding carboxylic acids is 1. The Hall–Kier alpha value is -2.64. The molecule has 1 atom stereocenters. The third-order valence-electron chi connectivity index (χ3n) is 5.77. The number of ketones is 1. The molecule has 3 aromatic rings. The number of fused-ring (bicyclic) bond motifs is 3. The first-order valence-electron chi connectivity index (χ1n) is 11.2. The van der Waals surface area contributed by atoms with Crippen molar-refractivity contribution in [2.75, 3.05) is 6.18 Å². The third kappa shape index (κ3) is 4.00. The van der Waals surface area contributed by atoms with E-state index in [1.165, 1.54) is 13.0 Å². The molecular formula is C23H22ClNO5S. The van der Waals surface area contributed by atoms with Crippen molar-refractivity contribution in [2.24, 2.45) is 0 Å². The molecule has 31 heavy (non-hydrogen) atoms. The minimum Gasteiger partial charge on any atom is -0.481 e. The first kappa shape index (κ1) is 18.0. The molecular weight excluding hydrogens is 438 g/mol. The molecule has 162 valence electrons. The zero-order chi connectivity index (χ0) is 25.0. The van der Waals surface area contributed by atoms with E-state index in [2.05, 4.69) is 0 Å². The van der Waals surface area contributed by atoms with Gasteiger partial charge in [-0.3, -0.25) is 9.59 Å². The van der Waals surface area contributed by atoms with Crippen molar-refractivity contribution in [3.05, 3.63) is 63.8 Å². The summed E-state index contributed by atoms with van der Waals surface area (Å²) in [6, 6.07) is 9.52. The van der Waals surface area contributed by atoms with Crippen LogP contribution >= 0.6 is 11.6 Å². The number of benzene rings is 2. The SMILES string of the molecule is [3H]C([3H])([3H])S(=O)(=O)c1cc(C(C)=O)c2c(c1)c1c(n2Cc2ccc(Cl)cc2)[C@@H](CC(=O)O)CC1. The molecule has 0 spiro atoms. The Balaban J connectivity index is 2.05. The van der Waals surface area contributed by atoms with Gasteiger partial charge in [-0.25, -0.2) is 8.42 Å². The van der Waals surface area contributed by atoms with Crippen molar-refractivity contribution in [1.29, 1.82) is 0 Å². The second-order valence-corrected chi connectivity index (χ2v) is 9.75. The van der Waals surface area contributed by atoms with Gasteiger partial charge in [0.1, 0.15) is 0 Å². The van der Waals surface area contributed by atoms with Crippen LogP contribution in [0.25, 0.3) is 10.9 Å². The molecule has 0 saturated heterocycles. The van der Waals surface area contributed by atoms with Gasteiger partial charge in [0.05, 0.1) is 16.8 Å². The number of hydrogen-bond acceptors (Lipinski definition) is 4. The van der Waals surface area contributed by atoms with Crippen LogP contribution in [0.5, 0.6) is 0 Å². The molecule has 0 unspecified atom stereocenters. The standard InChI is InChI=1S/C23H22ClNO5S/c1-13(26)19-10-17(31(2,29)30)11-20-18-8-5-15(9-21(27)28)22(18)25(23(19)20)12-14-3-6-16(24)7-4-14/h3-4,6-7,10-11,15H,5,8-9,12H2,1-2H3,(H,27,28)/t15-/m1/s1/i2T3. The molecule has 0 bridgehead atoms. The van der Waals surface area contributed by atoms with Crippen LogP contribution in [0.4, 0.5) is 0 Å². The molecule has 1 aliphatic rings. The van der Waals surface area contributed by atoms with E-state index in [-0.39, 0.29) is 17.9 Å². The van der Waals surface area contributed by atoms with Crippen LogP contribution in [-0.2, 0) is 27.6 Å². The molecule has 1 N–H and O–H groups in total. The van der Waals surface area contributed by atoms with Gasteiger partial charge in [-0.05, 0) is 55.2 Å². The Labute approximate surface area is 189 Å². The van der Waals surface area contributed by atoms with Crippen molar-refractivity contribution in [3.63, 3.8) is 0 Å². The predicted molar refractivity (Wildman–Crippen MR) is 119 cm³/mol. The number of Topliss-reactive ketones (excluding diaryl/α,β-unsaturated/α-hetero) is 1. The van der Waals surface area contributed by atoms with Crippen LogP contribution in [-0.4, -0.2) is 36.0 Å². The van der Waals surface area contributed by atoms with Crippen LogP contribution in [0.1, 0.15) is 57.0 Å². The van der Waals surface area contributed by atoms with Crippen molar-refractivity contribution < 1.29 is 27.2 Å². The molecule has 0 fully saturated rings. The molecule has 8 heteroatoms. The second kappa shape index (κ2) is 7.80. The fraction of sp³-hybridized carbons (Fsp3) is 0.304. The maximum absolute atomic E-state index is 12.7. The summed E-state index contributed by atoms with van der Waals surface area (Å²) in [6.45, 7) is 1.60. The Morgan fingerprint density at radius 1 is 1.26 bits per heavy atom. The number of carboxylic acids is 1. The maximum atomic E-state index is 12.7. The number of rotatable bonds is 6. The quantitative estimate of drug-likeness (QED) is 0.542. The smallest absolute Gasteiger partial charge is 0.304 e. The lowest BCUT2D eigenvalue weighted by molar-refractivity contribution is -0.137. The zero-order valence-corrected chi connectivity index (χ0v) is 18.3. The highest BCUT2D eigenvalue weighted by Crippen LogP contribution is 2.44. The monoisotopic (exact) mass is 465 g/mol. The Bertz CT molecular complexity index is 1430. The summed E-state index contributed by atoms with van der Waals surface area (Å²) in [5, 5.41) is 10.5. The average molecular weight is 466 g/mol. The van der Waals surface area contributed by atoms with Crippen LogP contribution in [0.3, 0.4) is 0 Å². The molecule has 6 nitrogen and oxygen atoms in total. The van der Waals surface area contributed by atoms with Crippen LogP contribution in [0.2, 0.25) is 5.02 Å². The fourth-order valence-electron chi connectivity index (χ4n) is 4.50. The van der Waals surface area contributed by atoms with E-state index >= 15 is 0 Å². The summed E-state index contributed by atoms with van der Waals surface area (Å²) in [5.41, 5.74) is 2.90. The minimum atomic E-state index is -4.70. The highest BCUT2D eigenvalue weighted by molar-refractivity contribution is 7.90. The topological polar surface area (TPSA) is 93.4 Å². The third-order valence-corrected chi connectivity index (χ3v) is 6.88. The summed E-state index contributed by atoms with van der Waals surface area (Å²) in [7, 11) is -4.70. The molecule has 1 aromatic heterocycles. The van der Waals surface area contributed by atoms with Crippen LogP contribution in [0.15, 0.2) is 41.3 Å². The first-order valence-corrected chi connectivity index (χ1v) is 11.6. The molecule has 2 aromatic carbocycles. The zero-order valence-electron chi connectivity index (χ0n) is 19.7. The van der Waals surface area contributed by atoms with E-state index < -0.39 is 32.7 Å². The normalized spacial score (nSPS) is 17.7. The minimum absolute atomic E-state index is 0.0813. The summed E-state index contributed by atoms with van der Waals surface area (Å²) < 4.78 is 49.8. The van der Waals surface area contributed by atoms with Gasteiger partial charge in [0.25, 0.3) is 0 Å². The number of halogens is 1. The second-order valence-electron chi connectivity index (χ2n) is 7.84. The molecule has 0 amide bonds. The lowest BCUT2D eigenvalue weighted by Gasteiger charge is -2.17. The van der Waals surface area contributed by atoms with Gasteiger partial charge in [-0.2, -0.15) is 0 Å². The van der Waals surface area contributed by atoms with Gasteiger partial charge in [0.2, 0.25) is 0 Å². The van der Waals surface area contributed by atoms with E-state index in [1.807, 2.05) is 16.7 Å². The number of aryl methyl sites for hydroxylation is 1. The molecule has 1 heterocycles. The van der Waals surface area contributed by atoms with Crippen LogP contribution < -0.4 is 0 Å². The molecule has 4 rings (SSSR count). The highest BCUT2D eigenvalue weighted by atomic mass is 35.5. The summed E-state index contributed by atoms with van der Waals surface area (Å²) in [4.78, 5) is 23.8. The van der Waals surface area contributed by atoms with Crippen molar-refractivity contribution in [2.45, 2.75) is 43.5 Å². The van der Waals surface area contributed by atoms with Gasteiger partial charge in [0.15, 0.2) is 15.6 Å². The molecule has 0 radical (unpaired) electrons. The molecule has 1 aliphatic carbocycles. The number of aromatic nitrogens is 1. The summed E-state index contributed by atoms with van der Waals surface area (Å²) in [5.74, 6) is -1.70. The Morgan fingerprint density at radius 3 is 2.58 bits per heavy atom. The van der Waals surface area contributed by atoms with E-state index in [9.17, 15) is 23.1 Å². The van der Waals surface area contributed by atoms with Gasteiger partial charge in [-0.15, -0.1) is 0 Å². The largest absolute Gasteiger partial charge is 0.481 e. The van der Waals surface area contributed by atoms with Gasteiger partial charge in [-0.1, -0.05) is 23.7 Å². The van der Waals surface area contributed by atoms with Crippen molar-refractivity contribution in [3.8, 4) is 0 Å². The van der Waals surface area contributed by atoms with Gasteiger partial charge < -0.3 is 9.67 Å². The van der Waals surface area contributed by atoms with Gasteiger partial charge in [0, 0.05) is 44.4 Å². The maximum Gasteiger partial charge on any atom is 0.304 e. The number of nitrogens with zero attached hydrogens (tertiary/aromatic N) is 1. The highest BCUT2D eigenvalue weighted by Gasteiger charge is 2.33. The van der Waals surface area contributed by atoms with E-state index in [1.54, 1.807) is 12.1 Å². The fourth-order valence-corrected chi connectivity index (χ4v) is 5.18. The van der Waals surface area contributed by atoms with E-state index in [0.717, 1.165) is 22.9 Å². The van der Waals surface area contributed by atoms with E-state index in [0.29, 0.717) is 35.3 Å². The summed E-state index contributed by atoms with van der Waals surface area (Å²) >= 11 is 6.01. The average Bonchev–Trinajstić information content (AvgIpc) is 3.27. The Kier molecular flexibility index (Phi) is 4.53. The van der Waals surface area contributed by atoms with Crippen molar-refractivity contribution >= 4 is 44.1 Å². The molecule has 0 saturated carbocycles. The number of aliphatic carboxylic acids is 1. The number of carbonyl (C=O) groups is 2. The first-order chi connectivity index (χ1) is 15.8. The Morgan fingerprint density at radius 2 is 1.97 bits per heavy atom. The number of carboxylic acid groups (broad SMARTS) is 1. The van der Waals surface area contributed by atoms with E-state index in [4.69, 9.17) is 15.7 Å². The van der Waals surface area contributed by atoms with Crippen LogP contribution in [0, 0.1) is 0 Å².